The molecule has 2 aromatic rings. The number of H-pyrrole nitrogens is 1. The lowest BCUT2D eigenvalue weighted by molar-refractivity contribution is 0.395. The van der Waals surface area contributed by atoms with E-state index >= 15 is 0 Å². The third kappa shape index (κ3) is 2.26. The first kappa shape index (κ1) is 12.6. The van der Waals surface area contributed by atoms with Gasteiger partial charge in [0.2, 0.25) is 0 Å². The van der Waals surface area contributed by atoms with Gasteiger partial charge < -0.3 is 14.5 Å². The van der Waals surface area contributed by atoms with Gasteiger partial charge in [0, 0.05) is 11.6 Å². The van der Waals surface area contributed by atoms with Gasteiger partial charge in [0.25, 0.3) is 5.56 Å². The van der Waals surface area contributed by atoms with E-state index in [0.29, 0.717) is 17.1 Å². The van der Waals surface area contributed by atoms with Crippen LogP contribution in [0.4, 0.5) is 0 Å². The van der Waals surface area contributed by atoms with Crippen molar-refractivity contribution in [2.24, 2.45) is 0 Å². The van der Waals surface area contributed by atoms with Crippen molar-refractivity contribution in [1.82, 2.24) is 9.97 Å². The molecular weight excluding hydrogens is 246 g/mol. The standard InChI is InChI=1S/C13H11N3O3/c1-18-8-3-4-9(11(5-8)19-2)12-10(6-14)13(17)16-7-15-12/h3-5,7H,1-2H3,(H,15,16,17). The van der Waals surface area contributed by atoms with E-state index in [2.05, 4.69) is 9.97 Å². The molecule has 96 valence electrons. The second kappa shape index (κ2) is 5.23. The summed E-state index contributed by atoms with van der Waals surface area (Å²) in [5, 5.41) is 9.05. The summed E-state index contributed by atoms with van der Waals surface area (Å²) < 4.78 is 10.3. The molecule has 0 amide bonds. The van der Waals surface area contributed by atoms with Crippen LogP contribution in [0.3, 0.4) is 0 Å². The number of aromatic nitrogens is 2. The minimum atomic E-state index is -0.481. The number of hydrogen-bond acceptors (Lipinski definition) is 5. The summed E-state index contributed by atoms with van der Waals surface area (Å²) in [6, 6.07) is 6.92. The number of rotatable bonds is 3. The molecule has 0 radical (unpaired) electrons. The average molecular weight is 257 g/mol. The summed E-state index contributed by atoms with van der Waals surface area (Å²) in [5.41, 5.74) is 0.313. The quantitative estimate of drug-likeness (QED) is 0.896. The Morgan fingerprint density at radius 3 is 2.74 bits per heavy atom. The van der Waals surface area contributed by atoms with Crippen LogP contribution in [0.1, 0.15) is 5.56 Å². The van der Waals surface area contributed by atoms with Gasteiger partial charge in [-0.05, 0) is 12.1 Å². The van der Waals surface area contributed by atoms with Crippen LogP contribution in [0.15, 0.2) is 29.3 Å². The zero-order chi connectivity index (χ0) is 13.8. The Labute approximate surface area is 109 Å². The molecule has 6 nitrogen and oxygen atoms in total. The summed E-state index contributed by atoms with van der Waals surface area (Å²) in [7, 11) is 3.04. The van der Waals surface area contributed by atoms with Crippen LogP contribution in [0.2, 0.25) is 0 Å². The molecule has 0 unspecified atom stereocenters. The van der Waals surface area contributed by atoms with Crippen molar-refractivity contribution in [3.8, 4) is 28.8 Å². The Kier molecular flexibility index (Phi) is 3.48. The van der Waals surface area contributed by atoms with E-state index in [1.165, 1.54) is 13.4 Å². The first-order valence-corrected chi connectivity index (χ1v) is 5.41. The average Bonchev–Trinajstić information content (AvgIpc) is 2.46. The van der Waals surface area contributed by atoms with E-state index in [0.717, 1.165) is 0 Å². The summed E-state index contributed by atoms with van der Waals surface area (Å²) >= 11 is 0. The van der Waals surface area contributed by atoms with Crippen LogP contribution < -0.4 is 15.0 Å². The number of nitrogens with zero attached hydrogens (tertiary/aromatic N) is 2. The molecule has 6 heteroatoms. The van der Waals surface area contributed by atoms with Gasteiger partial charge in [0.15, 0.2) is 0 Å². The molecular formula is C13H11N3O3. The molecule has 0 bridgehead atoms. The molecule has 0 atom stereocenters. The summed E-state index contributed by atoms with van der Waals surface area (Å²) in [6.07, 6.45) is 1.25. The fraction of sp³-hybridized carbons (Fsp3) is 0.154. The lowest BCUT2D eigenvalue weighted by Gasteiger charge is -2.10. The highest BCUT2D eigenvalue weighted by molar-refractivity contribution is 5.72. The Balaban J connectivity index is 2.69. The van der Waals surface area contributed by atoms with Crippen LogP contribution >= 0.6 is 0 Å². The van der Waals surface area contributed by atoms with Crippen LogP contribution in [0, 0.1) is 11.3 Å². The highest BCUT2D eigenvalue weighted by Crippen LogP contribution is 2.32. The largest absolute Gasteiger partial charge is 0.497 e. The zero-order valence-corrected chi connectivity index (χ0v) is 10.4. The van der Waals surface area contributed by atoms with E-state index in [4.69, 9.17) is 14.7 Å². The molecule has 2 rings (SSSR count). The first-order valence-electron chi connectivity index (χ1n) is 5.41. The van der Waals surface area contributed by atoms with Crippen molar-refractivity contribution < 1.29 is 9.47 Å². The minimum absolute atomic E-state index is 0.0500. The summed E-state index contributed by atoms with van der Waals surface area (Å²) in [4.78, 5) is 18.0. The van der Waals surface area contributed by atoms with Gasteiger partial charge in [0.05, 0.1) is 26.2 Å². The van der Waals surface area contributed by atoms with Gasteiger partial charge in [-0.15, -0.1) is 0 Å². The maximum absolute atomic E-state index is 11.6. The summed E-state index contributed by atoms with van der Waals surface area (Å²) in [6.45, 7) is 0. The molecule has 1 heterocycles. The van der Waals surface area contributed by atoms with Gasteiger partial charge >= 0.3 is 0 Å². The molecule has 1 aromatic carbocycles. The highest BCUT2D eigenvalue weighted by Gasteiger charge is 2.15. The molecule has 0 saturated carbocycles. The fourth-order valence-corrected chi connectivity index (χ4v) is 1.70. The van der Waals surface area contributed by atoms with E-state index in [-0.39, 0.29) is 11.3 Å². The Morgan fingerprint density at radius 1 is 1.32 bits per heavy atom. The Hall–Kier alpha value is -2.81. The van der Waals surface area contributed by atoms with Crippen LogP contribution in [-0.4, -0.2) is 24.2 Å². The minimum Gasteiger partial charge on any atom is -0.497 e. The topological polar surface area (TPSA) is 88.0 Å². The van der Waals surface area contributed by atoms with Crippen molar-refractivity contribution in [3.63, 3.8) is 0 Å². The van der Waals surface area contributed by atoms with E-state index in [9.17, 15) is 4.79 Å². The fourth-order valence-electron chi connectivity index (χ4n) is 1.70. The van der Waals surface area contributed by atoms with Crippen molar-refractivity contribution >= 4 is 0 Å². The molecule has 0 aliphatic rings. The first-order chi connectivity index (χ1) is 9.21. The maximum Gasteiger partial charge on any atom is 0.269 e. The zero-order valence-electron chi connectivity index (χ0n) is 10.4. The van der Waals surface area contributed by atoms with Crippen molar-refractivity contribution in [2.45, 2.75) is 0 Å². The van der Waals surface area contributed by atoms with E-state index in [1.54, 1.807) is 25.3 Å². The van der Waals surface area contributed by atoms with Gasteiger partial charge in [0.1, 0.15) is 23.1 Å². The number of nitriles is 1. The third-order valence-corrected chi connectivity index (χ3v) is 2.63. The predicted octanol–water partition coefficient (Wildman–Crippen LogP) is 1.33. The molecule has 0 spiro atoms. The molecule has 19 heavy (non-hydrogen) atoms. The molecule has 0 fully saturated rings. The number of aromatic amines is 1. The number of nitrogens with one attached hydrogen (secondary N) is 1. The molecule has 0 aliphatic carbocycles. The van der Waals surface area contributed by atoms with Gasteiger partial charge in [-0.1, -0.05) is 0 Å². The second-order valence-corrected chi connectivity index (χ2v) is 3.63. The number of hydrogen-bond donors (Lipinski definition) is 1. The Morgan fingerprint density at radius 2 is 2.11 bits per heavy atom. The SMILES string of the molecule is COc1ccc(-c2nc[nH]c(=O)c2C#N)c(OC)c1. The molecule has 1 N–H and O–H groups in total. The predicted molar refractivity (Wildman–Crippen MR) is 68.1 cm³/mol. The van der Waals surface area contributed by atoms with Crippen LogP contribution in [0.25, 0.3) is 11.3 Å². The van der Waals surface area contributed by atoms with Crippen LogP contribution in [0.5, 0.6) is 11.5 Å². The summed E-state index contributed by atoms with van der Waals surface area (Å²) in [5.74, 6) is 1.10. The van der Waals surface area contributed by atoms with Crippen molar-refractivity contribution in [1.29, 1.82) is 5.26 Å². The van der Waals surface area contributed by atoms with E-state index < -0.39 is 5.56 Å². The Bertz CT molecular complexity index is 701. The van der Waals surface area contributed by atoms with Crippen molar-refractivity contribution in [2.75, 3.05) is 14.2 Å². The monoisotopic (exact) mass is 257 g/mol. The molecule has 1 aromatic heterocycles. The number of ether oxygens (including phenoxy) is 2. The van der Waals surface area contributed by atoms with Crippen molar-refractivity contribution in [3.05, 3.63) is 40.4 Å². The highest BCUT2D eigenvalue weighted by atomic mass is 16.5. The lowest BCUT2D eigenvalue weighted by Crippen LogP contribution is -2.12. The van der Waals surface area contributed by atoms with Gasteiger partial charge in [-0.25, -0.2) is 4.98 Å². The van der Waals surface area contributed by atoms with Gasteiger partial charge in [-0.3, -0.25) is 4.79 Å². The number of benzene rings is 1. The lowest BCUT2D eigenvalue weighted by atomic mass is 10.1. The smallest absolute Gasteiger partial charge is 0.269 e. The third-order valence-electron chi connectivity index (χ3n) is 2.63. The normalized spacial score (nSPS) is 9.74. The second-order valence-electron chi connectivity index (χ2n) is 3.63. The molecule has 0 aliphatic heterocycles. The maximum atomic E-state index is 11.6. The molecule has 0 saturated heterocycles. The van der Waals surface area contributed by atoms with E-state index in [1.807, 2.05) is 6.07 Å². The van der Waals surface area contributed by atoms with Crippen LogP contribution in [-0.2, 0) is 0 Å². The number of methoxy groups -OCH3 is 2. The van der Waals surface area contributed by atoms with Gasteiger partial charge in [-0.2, -0.15) is 5.26 Å².